The Morgan fingerprint density at radius 1 is 0.841 bits per heavy atom. The van der Waals surface area contributed by atoms with Crippen molar-refractivity contribution in [1.82, 2.24) is 9.97 Å². The minimum absolute atomic E-state index is 0.0295. The second-order valence-electron chi connectivity index (χ2n) is 9.55. The lowest BCUT2D eigenvalue weighted by molar-refractivity contribution is -0.137. The van der Waals surface area contributed by atoms with Crippen LogP contribution < -0.4 is 15.0 Å². The predicted octanol–water partition coefficient (Wildman–Crippen LogP) is 7.16. The lowest BCUT2D eigenvalue weighted by Gasteiger charge is -2.19. The molecular weight excluding hydrogens is 577 g/mol. The molecule has 5 aromatic rings. The summed E-state index contributed by atoms with van der Waals surface area (Å²) >= 11 is 0. The first kappa shape index (κ1) is 28.3. The fourth-order valence-corrected chi connectivity index (χ4v) is 4.75. The van der Waals surface area contributed by atoms with Crippen molar-refractivity contribution >= 4 is 45.9 Å². The third kappa shape index (κ3) is 5.28. The fourth-order valence-electron chi connectivity index (χ4n) is 4.75. The number of para-hydroxylation sites is 2. The van der Waals surface area contributed by atoms with Crippen molar-refractivity contribution in [2.24, 2.45) is 0 Å². The van der Waals surface area contributed by atoms with Crippen LogP contribution in [0.3, 0.4) is 0 Å². The van der Waals surface area contributed by atoms with E-state index in [9.17, 15) is 27.6 Å². The molecule has 1 aliphatic rings. The molecule has 0 saturated carbocycles. The highest BCUT2D eigenvalue weighted by Crippen LogP contribution is 2.40. The lowest BCUT2D eigenvalue weighted by Crippen LogP contribution is -2.31. The van der Waals surface area contributed by atoms with Gasteiger partial charge in [0.15, 0.2) is 0 Å². The molecule has 220 valence electrons. The number of alkyl halides is 3. The number of nitrogens with one attached hydrogen (secondary N) is 1. The van der Waals surface area contributed by atoms with Gasteiger partial charge >= 0.3 is 12.1 Å². The molecule has 0 bridgehead atoms. The topological polar surface area (TPSA) is 111 Å². The van der Waals surface area contributed by atoms with Crippen molar-refractivity contribution in [3.05, 3.63) is 114 Å². The van der Waals surface area contributed by atoms with Gasteiger partial charge in [-0.15, -0.1) is 0 Å². The monoisotopic (exact) mass is 598 g/mol. The van der Waals surface area contributed by atoms with Crippen LogP contribution in [0.15, 0.2) is 91.0 Å². The molecule has 2 amide bonds. The summed E-state index contributed by atoms with van der Waals surface area (Å²) in [6, 6.07) is 22.4. The fraction of sp³-hybridized carbons (Fsp3) is 0.0938. The van der Waals surface area contributed by atoms with E-state index in [4.69, 9.17) is 9.47 Å². The first-order valence-electron chi connectivity index (χ1n) is 13.3. The van der Waals surface area contributed by atoms with Crippen LogP contribution >= 0.6 is 0 Å². The van der Waals surface area contributed by atoms with Crippen molar-refractivity contribution in [3.63, 3.8) is 0 Å². The summed E-state index contributed by atoms with van der Waals surface area (Å²) in [4.78, 5) is 47.6. The highest BCUT2D eigenvalue weighted by atomic mass is 19.4. The van der Waals surface area contributed by atoms with Crippen LogP contribution in [-0.4, -0.2) is 34.4 Å². The molecule has 2 heterocycles. The van der Waals surface area contributed by atoms with E-state index in [1.165, 1.54) is 30.3 Å². The number of hydrogen-bond donors (Lipinski definition) is 1. The van der Waals surface area contributed by atoms with Gasteiger partial charge in [-0.3, -0.25) is 9.59 Å². The Kier molecular flexibility index (Phi) is 7.17. The number of ether oxygens (including phenoxy) is 2. The van der Waals surface area contributed by atoms with Gasteiger partial charge in [0.25, 0.3) is 11.8 Å². The number of anilines is 3. The lowest BCUT2D eigenvalue weighted by atomic mass is 10.1. The first-order valence-corrected chi connectivity index (χ1v) is 13.3. The smallest absolute Gasteiger partial charge is 0.418 e. The van der Waals surface area contributed by atoms with Gasteiger partial charge in [-0.2, -0.15) is 13.2 Å². The number of amides is 2. The maximum Gasteiger partial charge on any atom is 0.418 e. The number of benzene rings is 4. The van der Waals surface area contributed by atoms with Gasteiger partial charge in [0.05, 0.1) is 34.5 Å². The van der Waals surface area contributed by atoms with Crippen molar-refractivity contribution in [3.8, 4) is 11.5 Å². The van der Waals surface area contributed by atoms with Crippen molar-refractivity contribution < 1.29 is 37.0 Å². The van der Waals surface area contributed by atoms with Crippen molar-refractivity contribution in [2.75, 3.05) is 16.8 Å². The molecule has 1 aromatic heterocycles. The number of halogens is 3. The zero-order valence-electron chi connectivity index (χ0n) is 22.9. The van der Waals surface area contributed by atoms with E-state index >= 15 is 0 Å². The quantitative estimate of drug-likeness (QED) is 0.155. The second-order valence-corrected chi connectivity index (χ2v) is 9.55. The molecule has 0 unspecified atom stereocenters. The average molecular weight is 599 g/mol. The molecule has 9 nitrogen and oxygen atoms in total. The number of esters is 1. The number of aromatic nitrogens is 2. The number of carbonyl (C=O) groups excluding carboxylic acids is 3. The van der Waals surface area contributed by atoms with E-state index in [-0.39, 0.29) is 29.3 Å². The number of rotatable bonds is 7. The van der Waals surface area contributed by atoms with Gasteiger partial charge in [0.2, 0.25) is 5.82 Å². The third-order valence-corrected chi connectivity index (χ3v) is 6.72. The van der Waals surface area contributed by atoms with Crippen LogP contribution in [0.5, 0.6) is 11.5 Å². The minimum Gasteiger partial charge on any atom is -0.460 e. The Morgan fingerprint density at radius 2 is 1.52 bits per heavy atom. The Balaban J connectivity index is 1.22. The Hall–Kier alpha value is -5.78. The molecule has 4 aromatic carbocycles. The molecule has 0 spiro atoms. The van der Waals surface area contributed by atoms with Gasteiger partial charge in [0.1, 0.15) is 17.3 Å². The van der Waals surface area contributed by atoms with Gasteiger partial charge < -0.3 is 14.8 Å². The number of hydrogen-bond acceptors (Lipinski definition) is 8. The number of carbonyl (C=O) groups is 3. The second kappa shape index (κ2) is 11.1. The molecule has 1 aliphatic heterocycles. The van der Waals surface area contributed by atoms with Crippen LogP contribution in [0.2, 0.25) is 0 Å². The van der Waals surface area contributed by atoms with Crippen LogP contribution in [-0.2, 0) is 10.9 Å². The zero-order chi connectivity index (χ0) is 31.0. The largest absolute Gasteiger partial charge is 0.460 e. The summed E-state index contributed by atoms with van der Waals surface area (Å²) in [5.74, 6) is -1.49. The first-order chi connectivity index (χ1) is 21.1. The number of imide groups is 1. The van der Waals surface area contributed by atoms with E-state index in [2.05, 4.69) is 15.3 Å². The summed E-state index contributed by atoms with van der Waals surface area (Å²) in [6.07, 6.45) is -4.76. The van der Waals surface area contributed by atoms with Crippen LogP contribution in [0.1, 0.15) is 43.8 Å². The minimum atomic E-state index is -4.76. The molecule has 0 radical (unpaired) electrons. The van der Waals surface area contributed by atoms with Crippen molar-refractivity contribution in [2.45, 2.75) is 13.1 Å². The number of fused-ring (bicyclic) bond motifs is 2. The van der Waals surface area contributed by atoms with Gasteiger partial charge in [-0.05, 0) is 73.7 Å². The third-order valence-electron chi connectivity index (χ3n) is 6.72. The predicted molar refractivity (Wildman–Crippen MR) is 154 cm³/mol. The van der Waals surface area contributed by atoms with Crippen molar-refractivity contribution in [1.29, 1.82) is 0 Å². The summed E-state index contributed by atoms with van der Waals surface area (Å²) < 4.78 is 51.7. The molecule has 0 aliphatic carbocycles. The molecule has 0 atom stereocenters. The molecule has 0 saturated heterocycles. The number of nitrogens with zero attached hydrogens (tertiary/aromatic N) is 3. The normalized spacial score (nSPS) is 12.8. The molecule has 44 heavy (non-hydrogen) atoms. The van der Waals surface area contributed by atoms with E-state index < -0.39 is 35.2 Å². The summed E-state index contributed by atoms with van der Waals surface area (Å²) in [5, 5.41) is 3.86. The summed E-state index contributed by atoms with van der Waals surface area (Å²) in [5.41, 5.74) is -0.564. The Morgan fingerprint density at radius 3 is 2.27 bits per heavy atom. The van der Waals surface area contributed by atoms with Crippen LogP contribution in [0, 0.1) is 0 Å². The molecule has 1 N–H and O–H groups in total. The molecule has 0 fully saturated rings. The van der Waals surface area contributed by atoms with E-state index in [0.29, 0.717) is 33.1 Å². The van der Waals surface area contributed by atoms with Gasteiger partial charge in [-0.1, -0.05) is 24.3 Å². The Labute approximate surface area is 247 Å². The molecule has 6 rings (SSSR count). The standard InChI is InChI=1S/C32H21F3N4O5/c1-2-43-31(42)28-37-25-9-5-3-7-22(25)27(38-28)36-18-11-13-19(14-12-18)44-20-15-16-21-23(17-20)30(41)39(29(21)40)26-10-6-4-8-24(26)32(33,34)35/h3-17H,2H2,1H3,(H,36,37,38). The van der Waals surface area contributed by atoms with Crippen LogP contribution in [0.25, 0.3) is 10.9 Å². The van der Waals surface area contributed by atoms with E-state index in [0.717, 1.165) is 12.1 Å². The highest BCUT2D eigenvalue weighted by molar-refractivity contribution is 6.34. The molecule has 12 heteroatoms. The van der Waals surface area contributed by atoms with Gasteiger partial charge in [0, 0.05) is 11.1 Å². The van der Waals surface area contributed by atoms with E-state index in [1.807, 2.05) is 12.1 Å². The Bertz CT molecular complexity index is 1940. The highest BCUT2D eigenvalue weighted by Gasteiger charge is 2.42. The maximum atomic E-state index is 13.6. The van der Waals surface area contributed by atoms with E-state index in [1.54, 1.807) is 43.3 Å². The van der Waals surface area contributed by atoms with Crippen LogP contribution in [0.4, 0.5) is 30.4 Å². The molecular formula is C32H21F3N4O5. The average Bonchev–Trinajstić information content (AvgIpc) is 3.26. The SMILES string of the molecule is CCOC(=O)c1nc(Nc2ccc(Oc3ccc4c(c3)C(=O)N(c3ccccc3C(F)(F)F)C4=O)cc2)c2ccccc2n1. The summed E-state index contributed by atoms with van der Waals surface area (Å²) in [7, 11) is 0. The maximum absolute atomic E-state index is 13.6. The van der Waals surface area contributed by atoms with Gasteiger partial charge in [-0.25, -0.2) is 19.7 Å². The summed E-state index contributed by atoms with van der Waals surface area (Å²) in [6.45, 7) is 1.87. The zero-order valence-corrected chi connectivity index (χ0v) is 22.9.